The zero-order valence-electron chi connectivity index (χ0n) is 7.79. The third-order valence-corrected chi connectivity index (χ3v) is 3.62. The van der Waals surface area contributed by atoms with E-state index >= 15 is 0 Å². The van der Waals surface area contributed by atoms with Crippen molar-refractivity contribution in [1.29, 1.82) is 0 Å². The Morgan fingerprint density at radius 3 is 2.93 bits per heavy atom. The molecule has 2 aromatic heterocycles. The molecule has 0 aliphatic carbocycles. The first kappa shape index (κ1) is 10.9. The molecule has 2 heterocycles. The van der Waals surface area contributed by atoms with Gasteiger partial charge in [0.2, 0.25) is 0 Å². The van der Waals surface area contributed by atoms with E-state index in [1.807, 2.05) is 18.5 Å². The van der Waals surface area contributed by atoms with Gasteiger partial charge in [0.05, 0.1) is 14.4 Å². The summed E-state index contributed by atoms with van der Waals surface area (Å²) in [6, 6.07) is 1.86. The lowest BCUT2D eigenvalue weighted by molar-refractivity contribution is 1.16. The molecule has 0 spiro atoms. The molecule has 6 heteroatoms. The van der Waals surface area contributed by atoms with Crippen LogP contribution in [0.15, 0.2) is 22.1 Å². The van der Waals surface area contributed by atoms with Crippen LogP contribution in [0.4, 0.5) is 5.82 Å². The molecule has 0 aromatic carbocycles. The van der Waals surface area contributed by atoms with Gasteiger partial charge in [-0.1, -0.05) is 11.6 Å². The Hall–Kier alpha value is -0.650. The lowest BCUT2D eigenvalue weighted by atomic mass is 10.4. The van der Waals surface area contributed by atoms with Gasteiger partial charge in [-0.2, -0.15) is 0 Å². The number of rotatable bonds is 2. The molecule has 0 atom stereocenters. The smallest absolute Gasteiger partial charge is 0.171 e. The van der Waals surface area contributed by atoms with E-state index in [0.717, 1.165) is 15.2 Å². The Labute approximate surface area is 105 Å². The van der Waals surface area contributed by atoms with Crippen LogP contribution in [0.5, 0.6) is 0 Å². The van der Waals surface area contributed by atoms with Crippen LogP contribution < -0.4 is 5.32 Å². The molecular weight excluding hydrogens is 298 g/mol. The van der Waals surface area contributed by atoms with Crippen molar-refractivity contribution < 1.29 is 0 Å². The molecular formula is C9H7BrClN3S. The van der Waals surface area contributed by atoms with Crippen LogP contribution in [0.3, 0.4) is 0 Å². The van der Waals surface area contributed by atoms with Crippen molar-refractivity contribution in [3.05, 3.63) is 27.1 Å². The lowest BCUT2D eigenvalue weighted by Crippen LogP contribution is -1.96. The van der Waals surface area contributed by atoms with Crippen LogP contribution in [0, 0.1) is 0 Å². The number of hydrogen-bond acceptors (Lipinski definition) is 4. The average molecular weight is 305 g/mol. The van der Waals surface area contributed by atoms with E-state index in [0.29, 0.717) is 10.8 Å². The highest BCUT2D eigenvalue weighted by Gasteiger charge is 2.07. The van der Waals surface area contributed by atoms with Crippen LogP contribution in [0.1, 0.15) is 0 Å². The number of halogens is 2. The van der Waals surface area contributed by atoms with Gasteiger partial charge in [0.1, 0.15) is 5.82 Å². The SMILES string of the molecule is CNc1nc(-c2cc(Cl)cs2)ncc1Br. The van der Waals surface area contributed by atoms with Crippen LogP contribution in [-0.2, 0) is 0 Å². The Morgan fingerprint density at radius 2 is 2.33 bits per heavy atom. The minimum atomic E-state index is 0.680. The molecule has 0 bridgehead atoms. The van der Waals surface area contributed by atoms with Gasteiger partial charge in [-0.25, -0.2) is 9.97 Å². The highest BCUT2D eigenvalue weighted by molar-refractivity contribution is 9.10. The number of aromatic nitrogens is 2. The molecule has 0 amide bonds. The number of hydrogen-bond donors (Lipinski definition) is 1. The summed E-state index contributed by atoms with van der Waals surface area (Å²) in [7, 11) is 1.82. The Morgan fingerprint density at radius 1 is 1.53 bits per heavy atom. The molecule has 15 heavy (non-hydrogen) atoms. The molecule has 0 unspecified atom stereocenters. The number of thiophene rings is 1. The van der Waals surface area contributed by atoms with Crippen molar-refractivity contribution in [1.82, 2.24) is 9.97 Å². The molecule has 78 valence electrons. The van der Waals surface area contributed by atoms with Gasteiger partial charge in [0.25, 0.3) is 0 Å². The zero-order chi connectivity index (χ0) is 10.8. The van der Waals surface area contributed by atoms with E-state index in [1.54, 1.807) is 6.20 Å². The van der Waals surface area contributed by atoms with Crippen molar-refractivity contribution in [2.45, 2.75) is 0 Å². The summed E-state index contributed by atoms with van der Waals surface area (Å²) in [5, 5.41) is 5.56. The van der Waals surface area contributed by atoms with Gasteiger partial charge in [0, 0.05) is 18.6 Å². The van der Waals surface area contributed by atoms with E-state index in [-0.39, 0.29) is 0 Å². The zero-order valence-corrected chi connectivity index (χ0v) is 10.9. The first-order valence-corrected chi connectivity index (χ1v) is 6.20. The Balaban J connectivity index is 2.45. The van der Waals surface area contributed by atoms with E-state index in [2.05, 4.69) is 31.2 Å². The second-order valence-electron chi connectivity index (χ2n) is 2.77. The summed E-state index contributed by atoms with van der Waals surface area (Å²) in [6.45, 7) is 0. The summed E-state index contributed by atoms with van der Waals surface area (Å²) in [4.78, 5) is 9.54. The third kappa shape index (κ3) is 2.30. The van der Waals surface area contributed by atoms with Crippen molar-refractivity contribution in [2.24, 2.45) is 0 Å². The monoisotopic (exact) mass is 303 g/mol. The molecule has 0 saturated heterocycles. The van der Waals surface area contributed by atoms with E-state index < -0.39 is 0 Å². The molecule has 0 aliphatic rings. The summed E-state index contributed by atoms with van der Waals surface area (Å²) >= 11 is 10.7. The molecule has 0 fully saturated rings. The molecule has 0 aliphatic heterocycles. The summed E-state index contributed by atoms with van der Waals surface area (Å²) in [5.41, 5.74) is 0. The van der Waals surface area contributed by atoms with Crippen molar-refractivity contribution in [2.75, 3.05) is 12.4 Å². The summed E-state index contributed by atoms with van der Waals surface area (Å²) in [6.07, 6.45) is 1.72. The maximum Gasteiger partial charge on any atom is 0.171 e. The van der Waals surface area contributed by atoms with Crippen molar-refractivity contribution in [3.8, 4) is 10.7 Å². The molecule has 2 aromatic rings. The summed E-state index contributed by atoms with van der Waals surface area (Å²) in [5.74, 6) is 1.45. The van der Waals surface area contributed by atoms with E-state index in [1.165, 1.54) is 11.3 Å². The topological polar surface area (TPSA) is 37.8 Å². The number of anilines is 1. The third-order valence-electron chi connectivity index (χ3n) is 1.77. The molecule has 2 rings (SSSR count). The molecule has 1 N–H and O–H groups in total. The molecule has 0 saturated carbocycles. The van der Waals surface area contributed by atoms with E-state index in [4.69, 9.17) is 11.6 Å². The second-order valence-corrected chi connectivity index (χ2v) is 4.97. The first-order valence-electron chi connectivity index (χ1n) is 4.15. The normalized spacial score (nSPS) is 10.3. The van der Waals surface area contributed by atoms with Gasteiger partial charge >= 0.3 is 0 Å². The summed E-state index contributed by atoms with van der Waals surface area (Å²) < 4.78 is 0.844. The fraction of sp³-hybridized carbons (Fsp3) is 0.111. The average Bonchev–Trinajstić information content (AvgIpc) is 2.66. The van der Waals surface area contributed by atoms with Gasteiger partial charge in [-0.3, -0.25) is 0 Å². The maximum atomic E-state index is 5.85. The highest BCUT2D eigenvalue weighted by Crippen LogP contribution is 2.29. The van der Waals surface area contributed by atoms with E-state index in [9.17, 15) is 0 Å². The first-order chi connectivity index (χ1) is 7.20. The molecule has 3 nitrogen and oxygen atoms in total. The quantitative estimate of drug-likeness (QED) is 0.920. The van der Waals surface area contributed by atoms with Gasteiger partial charge in [0.15, 0.2) is 5.82 Å². The number of nitrogens with one attached hydrogen (secondary N) is 1. The van der Waals surface area contributed by atoms with Crippen molar-refractivity contribution >= 4 is 44.7 Å². The van der Waals surface area contributed by atoms with Crippen LogP contribution in [-0.4, -0.2) is 17.0 Å². The molecule has 0 radical (unpaired) electrons. The second kappa shape index (κ2) is 4.47. The highest BCUT2D eigenvalue weighted by atomic mass is 79.9. The van der Waals surface area contributed by atoms with Crippen LogP contribution >= 0.6 is 38.9 Å². The van der Waals surface area contributed by atoms with Crippen LogP contribution in [0.2, 0.25) is 5.02 Å². The largest absolute Gasteiger partial charge is 0.372 e. The van der Waals surface area contributed by atoms with Crippen molar-refractivity contribution in [3.63, 3.8) is 0 Å². The lowest BCUT2D eigenvalue weighted by Gasteiger charge is -2.03. The van der Waals surface area contributed by atoms with Gasteiger partial charge in [-0.05, 0) is 22.0 Å². The minimum Gasteiger partial charge on any atom is -0.372 e. The number of nitrogens with zero attached hydrogens (tertiary/aromatic N) is 2. The van der Waals surface area contributed by atoms with Gasteiger partial charge in [-0.15, -0.1) is 11.3 Å². The van der Waals surface area contributed by atoms with Crippen LogP contribution in [0.25, 0.3) is 10.7 Å². The standard InChI is InChI=1S/C9H7BrClN3S/c1-12-8-6(10)3-13-9(14-8)7-2-5(11)4-15-7/h2-4H,1H3,(H,12,13,14). The Bertz CT molecular complexity index is 486. The maximum absolute atomic E-state index is 5.85. The van der Waals surface area contributed by atoms with Gasteiger partial charge < -0.3 is 5.32 Å². The predicted molar refractivity (Wildman–Crippen MR) is 67.6 cm³/mol. The Kier molecular flexibility index (Phi) is 3.23. The fourth-order valence-corrected chi connectivity index (χ4v) is 2.49. The minimum absolute atomic E-state index is 0.680. The fourth-order valence-electron chi connectivity index (χ4n) is 1.09. The predicted octanol–water partition coefficient (Wildman–Crippen LogP) is 3.66.